The molecule has 0 aromatic heterocycles. The number of benzene rings is 1. The molecule has 0 aliphatic carbocycles. The maximum Gasteiger partial charge on any atom is 0.123 e. The van der Waals surface area contributed by atoms with Crippen LogP contribution in [0.5, 0.6) is 0 Å². The van der Waals surface area contributed by atoms with Crippen LogP contribution in [-0.4, -0.2) is 31.1 Å². The molecular weight excluding hydrogens is 263 g/mol. The minimum atomic E-state index is -0.153. The van der Waals surface area contributed by atoms with Crippen LogP contribution in [0.25, 0.3) is 0 Å². The van der Waals surface area contributed by atoms with Crippen molar-refractivity contribution < 1.29 is 4.39 Å². The molecule has 2 unspecified atom stereocenters. The van der Waals surface area contributed by atoms with Gasteiger partial charge in [-0.1, -0.05) is 32.9 Å². The van der Waals surface area contributed by atoms with Crippen LogP contribution in [0, 0.1) is 11.7 Å². The van der Waals surface area contributed by atoms with Crippen molar-refractivity contribution in [2.75, 3.05) is 20.1 Å². The maximum atomic E-state index is 13.4. The fraction of sp³-hybridized carbons (Fsp3) is 0.667. The Morgan fingerprint density at radius 1 is 1.24 bits per heavy atom. The highest BCUT2D eigenvalue weighted by Gasteiger charge is 2.16. The molecule has 0 saturated heterocycles. The lowest BCUT2D eigenvalue weighted by Gasteiger charge is -2.30. The number of nitrogens with zero attached hydrogens (tertiary/aromatic N) is 1. The molecule has 0 radical (unpaired) electrons. The summed E-state index contributed by atoms with van der Waals surface area (Å²) in [5.74, 6) is 0.492. The van der Waals surface area contributed by atoms with E-state index >= 15 is 0 Å². The van der Waals surface area contributed by atoms with Crippen molar-refractivity contribution >= 4 is 0 Å². The smallest absolute Gasteiger partial charge is 0.123 e. The first kappa shape index (κ1) is 18.1. The van der Waals surface area contributed by atoms with Crippen molar-refractivity contribution in [3.8, 4) is 0 Å². The van der Waals surface area contributed by atoms with E-state index in [1.54, 1.807) is 12.1 Å². The van der Waals surface area contributed by atoms with Crippen molar-refractivity contribution in [1.82, 2.24) is 10.2 Å². The summed E-state index contributed by atoms with van der Waals surface area (Å²) in [5.41, 5.74) is 1.05. The Balaban J connectivity index is 2.66. The van der Waals surface area contributed by atoms with Crippen LogP contribution in [0.15, 0.2) is 24.3 Å². The topological polar surface area (TPSA) is 15.3 Å². The van der Waals surface area contributed by atoms with E-state index in [9.17, 15) is 4.39 Å². The molecule has 2 nitrogen and oxygen atoms in total. The third-order valence-electron chi connectivity index (χ3n) is 4.32. The molecule has 120 valence electrons. The second-order valence-corrected chi connectivity index (χ2v) is 6.32. The first-order valence-electron chi connectivity index (χ1n) is 8.14. The molecule has 3 heteroatoms. The summed E-state index contributed by atoms with van der Waals surface area (Å²) in [6, 6.07) is 7.76. The SMILES string of the molecule is CCCNC(CCN(C)C(C)C(C)C)c1cccc(F)c1. The zero-order chi connectivity index (χ0) is 15.8. The lowest BCUT2D eigenvalue weighted by molar-refractivity contribution is 0.198. The fourth-order valence-corrected chi connectivity index (χ4v) is 2.47. The van der Waals surface area contributed by atoms with Crippen LogP contribution in [0.3, 0.4) is 0 Å². The molecule has 1 N–H and O–H groups in total. The van der Waals surface area contributed by atoms with Gasteiger partial charge >= 0.3 is 0 Å². The molecular formula is C18H31FN2. The molecule has 0 saturated carbocycles. The van der Waals surface area contributed by atoms with Gasteiger partial charge in [0, 0.05) is 12.1 Å². The first-order valence-corrected chi connectivity index (χ1v) is 8.14. The van der Waals surface area contributed by atoms with Gasteiger partial charge in [-0.15, -0.1) is 0 Å². The Morgan fingerprint density at radius 3 is 2.52 bits per heavy atom. The van der Waals surface area contributed by atoms with Gasteiger partial charge in [0.25, 0.3) is 0 Å². The minimum absolute atomic E-state index is 0.153. The summed E-state index contributed by atoms with van der Waals surface area (Å²) in [6.07, 6.45) is 2.08. The van der Waals surface area contributed by atoms with Gasteiger partial charge < -0.3 is 10.2 Å². The second kappa shape index (κ2) is 9.16. The Morgan fingerprint density at radius 2 is 1.95 bits per heavy atom. The molecule has 0 aliphatic heterocycles. The largest absolute Gasteiger partial charge is 0.310 e. The molecule has 0 bridgehead atoms. The predicted octanol–water partition coefficient (Wildman–Crippen LogP) is 4.23. The van der Waals surface area contributed by atoms with Gasteiger partial charge in [0.2, 0.25) is 0 Å². The van der Waals surface area contributed by atoms with Crippen LogP contribution in [0.1, 0.15) is 52.1 Å². The van der Waals surface area contributed by atoms with Crippen LogP contribution < -0.4 is 5.32 Å². The van der Waals surface area contributed by atoms with Gasteiger partial charge in [0.05, 0.1) is 0 Å². The highest BCUT2D eigenvalue weighted by atomic mass is 19.1. The highest BCUT2D eigenvalue weighted by Crippen LogP contribution is 2.19. The summed E-state index contributed by atoms with van der Waals surface area (Å²) in [6.45, 7) is 10.9. The Kier molecular flexibility index (Phi) is 7.91. The fourth-order valence-electron chi connectivity index (χ4n) is 2.47. The molecule has 0 amide bonds. The molecule has 0 spiro atoms. The molecule has 0 heterocycles. The minimum Gasteiger partial charge on any atom is -0.310 e. The lowest BCUT2D eigenvalue weighted by atomic mass is 10.0. The standard InChI is InChI=1S/C18H31FN2/c1-6-11-20-18(16-8-7-9-17(19)13-16)10-12-21(5)15(4)14(2)3/h7-9,13-15,18,20H,6,10-12H2,1-5H3. The predicted molar refractivity (Wildman–Crippen MR) is 89.0 cm³/mol. The van der Waals surface area contributed by atoms with Gasteiger partial charge in [-0.2, -0.15) is 0 Å². The number of nitrogens with one attached hydrogen (secondary N) is 1. The third-order valence-corrected chi connectivity index (χ3v) is 4.32. The Labute approximate surface area is 129 Å². The van der Waals surface area contributed by atoms with E-state index in [2.05, 4.69) is 45.0 Å². The van der Waals surface area contributed by atoms with Gasteiger partial charge in [-0.05, 0) is 63.5 Å². The summed E-state index contributed by atoms with van der Waals surface area (Å²) in [4.78, 5) is 2.39. The summed E-state index contributed by atoms with van der Waals surface area (Å²) >= 11 is 0. The number of hydrogen-bond acceptors (Lipinski definition) is 2. The summed E-state index contributed by atoms with van der Waals surface area (Å²) < 4.78 is 13.4. The number of hydrogen-bond donors (Lipinski definition) is 1. The van der Waals surface area contributed by atoms with E-state index in [0.29, 0.717) is 12.0 Å². The maximum absolute atomic E-state index is 13.4. The van der Waals surface area contributed by atoms with Crippen molar-refractivity contribution in [3.05, 3.63) is 35.6 Å². The monoisotopic (exact) mass is 294 g/mol. The van der Waals surface area contributed by atoms with E-state index in [-0.39, 0.29) is 11.9 Å². The van der Waals surface area contributed by atoms with Gasteiger partial charge in [-0.3, -0.25) is 0 Å². The summed E-state index contributed by atoms with van der Waals surface area (Å²) in [5, 5.41) is 3.54. The molecule has 1 rings (SSSR count). The Hall–Kier alpha value is -0.930. The third kappa shape index (κ3) is 6.15. The van der Waals surface area contributed by atoms with Gasteiger partial charge in [0.1, 0.15) is 5.82 Å². The van der Waals surface area contributed by atoms with Crippen LogP contribution >= 0.6 is 0 Å². The molecule has 0 aliphatic rings. The Bertz CT molecular complexity index is 406. The highest BCUT2D eigenvalue weighted by molar-refractivity contribution is 5.20. The quantitative estimate of drug-likeness (QED) is 0.733. The lowest BCUT2D eigenvalue weighted by Crippen LogP contribution is -2.36. The molecule has 0 fully saturated rings. The van der Waals surface area contributed by atoms with Crippen molar-refractivity contribution in [2.45, 2.75) is 52.6 Å². The average molecular weight is 294 g/mol. The normalized spacial score (nSPS) is 14.7. The second-order valence-electron chi connectivity index (χ2n) is 6.32. The van der Waals surface area contributed by atoms with Crippen LogP contribution in [-0.2, 0) is 0 Å². The summed E-state index contributed by atoms with van der Waals surface area (Å²) in [7, 11) is 2.17. The van der Waals surface area contributed by atoms with E-state index in [1.165, 1.54) is 6.07 Å². The van der Waals surface area contributed by atoms with E-state index in [1.807, 2.05) is 6.07 Å². The van der Waals surface area contributed by atoms with Crippen LogP contribution in [0.4, 0.5) is 4.39 Å². The number of rotatable bonds is 9. The van der Waals surface area contributed by atoms with Gasteiger partial charge in [-0.25, -0.2) is 4.39 Å². The van der Waals surface area contributed by atoms with Crippen molar-refractivity contribution in [3.63, 3.8) is 0 Å². The number of halogens is 1. The zero-order valence-electron chi connectivity index (χ0n) is 14.2. The molecule has 21 heavy (non-hydrogen) atoms. The molecule has 1 aromatic rings. The van der Waals surface area contributed by atoms with E-state index in [4.69, 9.17) is 0 Å². The van der Waals surface area contributed by atoms with E-state index in [0.717, 1.165) is 31.5 Å². The zero-order valence-corrected chi connectivity index (χ0v) is 14.2. The molecule has 1 aromatic carbocycles. The average Bonchev–Trinajstić information content (AvgIpc) is 2.46. The van der Waals surface area contributed by atoms with Crippen molar-refractivity contribution in [1.29, 1.82) is 0 Å². The van der Waals surface area contributed by atoms with E-state index < -0.39 is 0 Å². The van der Waals surface area contributed by atoms with Gasteiger partial charge in [0.15, 0.2) is 0 Å². The van der Waals surface area contributed by atoms with Crippen molar-refractivity contribution in [2.24, 2.45) is 5.92 Å². The molecule has 2 atom stereocenters. The van der Waals surface area contributed by atoms with Crippen LogP contribution in [0.2, 0.25) is 0 Å². The first-order chi connectivity index (χ1) is 9.95.